The van der Waals surface area contributed by atoms with Gasteiger partial charge in [-0.2, -0.15) is 0 Å². The fraction of sp³-hybridized carbons (Fsp3) is 1.00. The maximum absolute atomic E-state index is 5.74. The lowest BCUT2D eigenvalue weighted by atomic mass is 10.4. The molecule has 0 unspecified atom stereocenters. The van der Waals surface area contributed by atoms with Gasteiger partial charge in [0.2, 0.25) is 0 Å². The summed E-state index contributed by atoms with van der Waals surface area (Å²) in [5.74, 6) is 0. The van der Waals surface area contributed by atoms with Crippen LogP contribution in [0.4, 0.5) is 0 Å². The van der Waals surface area contributed by atoms with Gasteiger partial charge in [-0.15, -0.1) is 45.1 Å². The van der Waals surface area contributed by atoms with Crippen LogP contribution in [0.1, 0.15) is 0 Å². The summed E-state index contributed by atoms with van der Waals surface area (Å²) >= 11 is 22.4. The second-order valence-corrected chi connectivity index (χ2v) is 10.2. The predicted molar refractivity (Wildman–Crippen MR) is 48.5 cm³/mol. The topological polar surface area (TPSA) is 3.24 Å². The maximum atomic E-state index is 5.74. The molecule has 0 spiro atoms. The van der Waals surface area contributed by atoms with Gasteiger partial charge in [-0.3, -0.25) is 0 Å². The largest absolute Gasteiger partial charge is 0.429 e. The van der Waals surface area contributed by atoms with Crippen molar-refractivity contribution in [3.05, 3.63) is 0 Å². The van der Waals surface area contributed by atoms with Gasteiger partial charge in [-0.25, -0.2) is 0 Å². The normalized spacial score (nSPS) is 12.3. The molecular formula is C2H6BCl4NSi. The summed E-state index contributed by atoms with van der Waals surface area (Å²) in [7, 11) is 1.69. The van der Waals surface area contributed by atoms with E-state index in [4.69, 9.17) is 45.1 Å². The zero-order chi connectivity index (χ0) is 7.65. The lowest BCUT2D eigenvalue weighted by molar-refractivity contribution is 0.843. The first kappa shape index (κ1) is 10.4. The smallest absolute Gasteiger partial charge is 0.316 e. The van der Waals surface area contributed by atoms with Gasteiger partial charge in [0.05, 0.1) is 0 Å². The van der Waals surface area contributed by atoms with Crippen LogP contribution in [-0.4, -0.2) is 24.1 Å². The second kappa shape index (κ2) is 3.70. The minimum absolute atomic E-state index is 0.614. The zero-order valence-corrected chi connectivity index (χ0v) is 9.06. The summed E-state index contributed by atoms with van der Waals surface area (Å²) in [6.07, 6.45) is 0. The minimum Gasteiger partial charge on any atom is -0.316 e. The molecule has 0 bridgehead atoms. The summed E-state index contributed by atoms with van der Waals surface area (Å²) in [6.45, 7) is -0.580. The molecule has 0 saturated heterocycles. The van der Waals surface area contributed by atoms with E-state index in [0.29, 0.717) is 0 Å². The van der Waals surface area contributed by atoms with Gasteiger partial charge >= 0.3 is 12.5 Å². The standard InChI is InChI=1S/C2H6BCl4NSi/c1-8(3(4)5)9(2,6)7/h1-2H3. The molecular weight excluding hydrogens is 219 g/mol. The molecule has 7 heteroatoms. The van der Waals surface area contributed by atoms with Crippen molar-refractivity contribution in [2.24, 2.45) is 0 Å². The van der Waals surface area contributed by atoms with Crippen molar-refractivity contribution in [3.63, 3.8) is 0 Å². The quantitative estimate of drug-likeness (QED) is 0.515. The van der Waals surface area contributed by atoms with Gasteiger partial charge in [-0.05, 0) is 13.6 Å². The van der Waals surface area contributed by atoms with E-state index in [2.05, 4.69) is 0 Å². The van der Waals surface area contributed by atoms with Crippen molar-refractivity contribution in [1.29, 1.82) is 0 Å². The first-order valence-electron chi connectivity index (χ1n) is 2.24. The van der Waals surface area contributed by atoms with Crippen molar-refractivity contribution >= 4 is 57.6 Å². The zero-order valence-electron chi connectivity index (χ0n) is 5.04. The molecule has 0 fully saturated rings. The Morgan fingerprint density at radius 1 is 1.33 bits per heavy atom. The fourth-order valence-electron chi connectivity index (χ4n) is 0.171. The molecule has 0 amide bonds. The van der Waals surface area contributed by atoms with Crippen LogP contribution in [0.3, 0.4) is 0 Å². The van der Waals surface area contributed by atoms with Crippen molar-refractivity contribution in [3.8, 4) is 0 Å². The summed E-state index contributed by atoms with van der Waals surface area (Å²) in [5, 5.41) is 0. The third-order valence-electron chi connectivity index (χ3n) is 0.912. The molecule has 0 aliphatic heterocycles. The van der Waals surface area contributed by atoms with E-state index in [1.165, 1.54) is 0 Å². The van der Waals surface area contributed by atoms with Crippen molar-refractivity contribution in [2.75, 3.05) is 7.05 Å². The molecule has 0 aromatic heterocycles. The molecule has 0 N–H and O–H groups in total. The Bertz CT molecular complexity index is 93.1. The van der Waals surface area contributed by atoms with Gasteiger partial charge in [0.15, 0.2) is 0 Å². The Labute approximate surface area is 75.6 Å². The predicted octanol–water partition coefficient (Wildman–Crippen LogP) is 2.43. The van der Waals surface area contributed by atoms with Crippen molar-refractivity contribution in [2.45, 2.75) is 6.55 Å². The van der Waals surface area contributed by atoms with Crippen LogP contribution in [-0.2, 0) is 0 Å². The Balaban J connectivity index is 3.88. The highest BCUT2D eigenvalue weighted by atomic mass is 35.7. The molecule has 0 aromatic carbocycles. The van der Waals surface area contributed by atoms with Gasteiger partial charge in [0.1, 0.15) is 0 Å². The van der Waals surface area contributed by atoms with Crippen LogP contribution in [0.2, 0.25) is 6.55 Å². The third kappa shape index (κ3) is 3.96. The fourth-order valence-corrected chi connectivity index (χ4v) is 2.87. The van der Waals surface area contributed by atoms with Crippen LogP contribution in [0.25, 0.3) is 0 Å². The molecule has 0 radical (unpaired) electrons. The number of hydrogen-bond acceptors (Lipinski definition) is 1. The molecule has 0 atom stereocenters. The van der Waals surface area contributed by atoms with Gasteiger partial charge < -0.3 is 4.48 Å². The van der Waals surface area contributed by atoms with E-state index in [-0.39, 0.29) is 0 Å². The van der Waals surface area contributed by atoms with Crippen LogP contribution >= 0.6 is 45.1 Å². The lowest BCUT2D eigenvalue weighted by Crippen LogP contribution is -2.43. The SMILES string of the molecule is CN(B(Cl)Cl)[Si](C)(Cl)Cl. The molecule has 54 valence electrons. The molecule has 0 aromatic rings. The Hall–Kier alpha value is 1.40. The average Bonchev–Trinajstić information content (AvgIpc) is 1.62. The van der Waals surface area contributed by atoms with Crippen molar-refractivity contribution < 1.29 is 0 Å². The van der Waals surface area contributed by atoms with Crippen LogP contribution < -0.4 is 0 Å². The summed E-state index contributed by atoms with van der Waals surface area (Å²) in [5.41, 5.74) is -0.614. The Morgan fingerprint density at radius 3 is 1.67 bits per heavy atom. The van der Waals surface area contributed by atoms with Gasteiger partial charge in [0.25, 0.3) is 0 Å². The molecule has 0 rings (SSSR count). The average molecular weight is 225 g/mol. The summed E-state index contributed by atoms with van der Waals surface area (Å²) in [4.78, 5) is 0. The van der Waals surface area contributed by atoms with Crippen LogP contribution in [0, 0.1) is 0 Å². The lowest BCUT2D eigenvalue weighted by Gasteiger charge is -2.23. The molecule has 0 saturated carbocycles. The maximum Gasteiger partial charge on any atom is 0.429 e. The van der Waals surface area contributed by atoms with Gasteiger partial charge in [-0.1, -0.05) is 0 Å². The minimum atomic E-state index is -2.31. The first-order chi connectivity index (χ1) is 3.85. The summed E-state index contributed by atoms with van der Waals surface area (Å²) in [6, 6.07) is 0. The Kier molecular flexibility index (Phi) is 4.27. The van der Waals surface area contributed by atoms with E-state index >= 15 is 0 Å². The number of hydrogen-bond donors (Lipinski definition) is 0. The molecule has 0 aliphatic rings. The van der Waals surface area contributed by atoms with E-state index < -0.39 is 12.5 Å². The number of nitrogens with zero attached hydrogens (tertiary/aromatic N) is 1. The molecule has 9 heavy (non-hydrogen) atoms. The highest BCUT2D eigenvalue weighted by Crippen LogP contribution is 2.21. The van der Waals surface area contributed by atoms with Crippen molar-refractivity contribution in [1.82, 2.24) is 4.48 Å². The number of halogens is 4. The molecule has 1 nitrogen and oxygen atoms in total. The molecule has 0 aliphatic carbocycles. The third-order valence-corrected chi connectivity index (χ3v) is 4.92. The van der Waals surface area contributed by atoms with Crippen LogP contribution in [0.5, 0.6) is 0 Å². The number of rotatable bonds is 2. The van der Waals surface area contributed by atoms with E-state index in [1.54, 1.807) is 18.1 Å². The van der Waals surface area contributed by atoms with E-state index in [1.807, 2.05) is 0 Å². The summed E-state index contributed by atoms with van der Waals surface area (Å²) < 4.78 is 1.55. The molecule has 0 heterocycles. The second-order valence-electron chi connectivity index (χ2n) is 1.73. The Morgan fingerprint density at radius 2 is 1.67 bits per heavy atom. The van der Waals surface area contributed by atoms with Crippen LogP contribution in [0.15, 0.2) is 0 Å². The highest BCUT2D eigenvalue weighted by Gasteiger charge is 2.33. The van der Waals surface area contributed by atoms with Gasteiger partial charge in [0, 0.05) is 0 Å². The van der Waals surface area contributed by atoms with E-state index in [9.17, 15) is 0 Å². The van der Waals surface area contributed by atoms with E-state index in [0.717, 1.165) is 0 Å². The monoisotopic (exact) mass is 223 g/mol. The first-order valence-corrected chi connectivity index (χ1v) is 7.59. The highest BCUT2D eigenvalue weighted by molar-refractivity contribution is 7.49.